The fraction of sp³-hybridized carbons (Fsp3) is 0.300. The molecule has 1 heterocycles. The number of halogens is 1. The number of hydrogen-bond acceptors (Lipinski definition) is 2. The first-order valence-electron chi connectivity index (χ1n) is 4.36. The molecule has 1 amide bonds. The summed E-state index contributed by atoms with van der Waals surface area (Å²) in [5, 5.41) is 2.73. The number of aryl methyl sites for hydroxylation is 1. The number of ether oxygens (including phenoxy) is 1. The van der Waals surface area contributed by atoms with Gasteiger partial charge in [0.2, 0.25) is 0 Å². The Morgan fingerprint density at radius 2 is 2.36 bits per heavy atom. The molecule has 1 fully saturated rings. The Bertz CT molecular complexity index is 378. The van der Waals surface area contributed by atoms with Gasteiger partial charge in [-0.3, -0.25) is 0 Å². The quantitative estimate of drug-likeness (QED) is 0.838. The van der Waals surface area contributed by atoms with Crippen LogP contribution in [0, 0.1) is 6.92 Å². The van der Waals surface area contributed by atoms with E-state index in [0.717, 1.165) is 10.0 Å². The predicted molar refractivity (Wildman–Crippen MR) is 56.1 cm³/mol. The molecule has 0 bridgehead atoms. The van der Waals surface area contributed by atoms with Gasteiger partial charge < -0.3 is 10.1 Å². The summed E-state index contributed by atoms with van der Waals surface area (Å²) >= 11 is 3.45. The molecule has 1 saturated heterocycles. The molecule has 0 spiro atoms. The number of benzene rings is 1. The maximum absolute atomic E-state index is 10.8. The van der Waals surface area contributed by atoms with Gasteiger partial charge in [0, 0.05) is 4.47 Å². The summed E-state index contributed by atoms with van der Waals surface area (Å²) in [6, 6.07) is 6.01. The Kier molecular flexibility index (Phi) is 2.46. The minimum atomic E-state index is -0.341. The van der Waals surface area contributed by atoms with Gasteiger partial charge in [-0.15, -0.1) is 0 Å². The molecular weight excluding hydrogens is 246 g/mol. The minimum absolute atomic E-state index is 0.0144. The van der Waals surface area contributed by atoms with E-state index in [1.54, 1.807) is 0 Å². The maximum atomic E-state index is 10.8. The summed E-state index contributed by atoms with van der Waals surface area (Å²) in [5.41, 5.74) is 2.24. The number of carbonyl (C=O) groups excluding carboxylic acids is 1. The molecule has 1 atom stereocenters. The number of amides is 1. The van der Waals surface area contributed by atoms with E-state index >= 15 is 0 Å². The van der Waals surface area contributed by atoms with Crippen molar-refractivity contribution in [2.45, 2.75) is 13.0 Å². The molecule has 74 valence electrons. The zero-order valence-corrected chi connectivity index (χ0v) is 9.30. The van der Waals surface area contributed by atoms with Gasteiger partial charge in [0.05, 0.1) is 6.04 Å². The molecule has 1 aliphatic rings. The average molecular weight is 256 g/mol. The molecule has 2 rings (SSSR count). The van der Waals surface area contributed by atoms with Crippen molar-refractivity contribution in [3.8, 4) is 0 Å². The van der Waals surface area contributed by atoms with Crippen LogP contribution in [0.25, 0.3) is 0 Å². The topological polar surface area (TPSA) is 38.3 Å². The second-order valence-corrected chi connectivity index (χ2v) is 4.16. The summed E-state index contributed by atoms with van der Waals surface area (Å²) in [7, 11) is 0. The van der Waals surface area contributed by atoms with Crippen LogP contribution in [0.15, 0.2) is 22.7 Å². The van der Waals surface area contributed by atoms with Gasteiger partial charge in [-0.25, -0.2) is 4.79 Å². The third-order valence-corrected chi connectivity index (χ3v) is 3.13. The Labute approximate surface area is 90.6 Å². The lowest BCUT2D eigenvalue weighted by molar-refractivity contribution is 0.177. The van der Waals surface area contributed by atoms with Gasteiger partial charge in [0.25, 0.3) is 0 Å². The van der Waals surface area contributed by atoms with Crippen molar-refractivity contribution in [2.24, 2.45) is 0 Å². The fourth-order valence-electron chi connectivity index (χ4n) is 1.39. The third kappa shape index (κ3) is 1.75. The van der Waals surface area contributed by atoms with Crippen molar-refractivity contribution in [3.63, 3.8) is 0 Å². The molecule has 1 aromatic rings. The van der Waals surface area contributed by atoms with E-state index in [1.807, 2.05) is 25.1 Å². The van der Waals surface area contributed by atoms with E-state index in [0.29, 0.717) is 6.61 Å². The highest BCUT2D eigenvalue weighted by molar-refractivity contribution is 9.10. The standard InChI is InChI=1S/C10H10BrNO2/c1-6-2-3-7(4-8(6)11)9-5-14-10(13)12-9/h2-4,9H,5H2,1H3,(H,12,13)/t9-/m0/s1. The molecule has 1 N–H and O–H groups in total. The molecule has 14 heavy (non-hydrogen) atoms. The molecule has 3 nitrogen and oxygen atoms in total. The predicted octanol–water partition coefficient (Wildman–Crippen LogP) is 2.54. The Balaban J connectivity index is 2.24. The SMILES string of the molecule is Cc1ccc([C@@H]2COC(=O)N2)cc1Br. The van der Waals surface area contributed by atoms with Gasteiger partial charge in [-0.2, -0.15) is 0 Å². The van der Waals surface area contributed by atoms with Crippen molar-refractivity contribution in [1.29, 1.82) is 0 Å². The highest BCUT2D eigenvalue weighted by Gasteiger charge is 2.23. The van der Waals surface area contributed by atoms with Gasteiger partial charge in [0.15, 0.2) is 0 Å². The van der Waals surface area contributed by atoms with Crippen molar-refractivity contribution >= 4 is 22.0 Å². The summed E-state index contributed by atoms with van der Waals surface area (Å²) in [6.07, 6.45) is -0.341. The second kappa shape index (κ2) is 3.61. The lowest BCUT2D eigenvalue weighted by Crippen LogP contribution is -2.18. The number of alkyl carbamates (subject to hydrolysis) is 1. The monoisotopic (exact) mass is 255 g/mol. The molecule has 1 aromatic carbocycles. The Morgan fingerprint density at radius 3 is 2.93 bits per heavy atom. The van der Waals surface area contributed by atoms with Crippen LogP contribution in [0.1, 0.15) is 17.2 Å². The van der Waals surface area contributed by atoms with Crippen molar-refractivity contribution in [2.75, 3.05) is 6.61 Å². The fourth-order valence-corrected chi connectivity index (χ4v) is 1.79. The average Bonchev–Trinajstić information content (AvgIpc) is 2.57. The van der Waals surface area contributed by atoms with Crippen LogP contribution in [-0.2, 0) is 4.74 Å². The van der Waals surface area contributed by atoms with Crippen LogP contribution < -0.4 is 5.32 Å². The molecule has 4 heteroatoms. The zero-order chi connectivity index (χ0) is 10.1. The number of rotatable bonds is 1. The first kappa shape index (κ1) is 9.52. The van der Waals surface area contributed by atoms with Crippen LogP contribution in [-0.4, -0.2) is 12.7 Å². The normalized spacial score (nSPS) is 20.4. The zero-order valence-electron chi connectivity index (χ0n) is 7.71. The Morgan fingerprint density at radius 1 is 1.57 bits per heavy atom. The molecule has 0 aliphatic carbocycles. The summed E-state index contributed by atoms with van der Waals surface area (Å²) in [4.78, 5) is 10.8. The van der Waals surface area contributed by atoms with Crippen molar-refractivity contribution in [1.82, 2.24) is 5.32 Å². The summed E-state index contributed by atoms with van der Waals surface area (Å²) < 4.78 is 5.88. The Hall–Kier alpha value is -1.03. The smallest absolute Gasteiger partial charge is 0.407 e. The summed E-state index contributed by atoms with van der Waals surface area (Å²) in [5.74, 6) is 0. The van der Waals surface area contributed by atoms with Gasteiger partial charge in [0.1, 0.15) is 6.61 Å². The van der Waals surface area contributed by atoms with Crippen LogP contribution in [0.5, 0.6) is 0 Å². The maximum Gasteiger partial charge on any atom is 0.407 e. The largest absolute Gasteiger partial charge is 0.447 e. The second-order valence-electron chi connectivity index (χ2n) is 3.30. The van der Waals surface area contributed by atoms with Gasteiger partial charge in [-0.05, 0) is 24.1 Å². The first-order valence-corrected chi connectivity index (χ1v) is 5.15. The van der Waals surface area contributed by atoms with Gasteiger partial charge >= 0.3 is 6.09 Å². The van der Waals surface area contributed by atoms with E-state index in [1.165, 1.54) is 5.56 Å². The molecule has 0 radical (unpaired) electrons. The number of nitrogens with one attached hydrogen (secondary N) is 1. The van der Waals surface area contributed by atoms with E-state index in [2.05, 4.69) is 21.2 Å². The van der Waals surface area contributed by atoms with E-state index < -0.39 is 0 Å². The molecule has 0 saturated carbocycles. The minimum Gasteiger partial charge on any atom is -0.447 e. The molecule has 1 aliphatic heterocycles. The van der Waals surface area contributed by atoms with Crippen molar-refractivity contribution in [3.05, 3.63) is 33.8 Å². The number of hydrogen-bond donors (Lipinski definition) is 1. The van der Waals surface area contributed by atoms with Crippen LogP contribution in [0.4, 0.5) is 4.79 Å². The van der Waals surface area contributed by atoms with Crippen LogP contribution in [0.2, 0.25) is 0 Å². The van der Waals surface area contributed by atoms with E-state index in [9.17, 15) is 4.79 Å². The van der Waals surface area contributed by atoms with Crippen molar-refractivity contribution < 1.29 is 9.53 Å². The molecule has 0 unspecified atom stereocenters. The molecular formula is C10H10BrNO2. The highest BCUT2D eigenvalue weighted by atomic mass is 79.9. The third-order valence-electron chi connectivity index (χ3n) is 2.27. The van der Waals surface area contributed by atoms with Crippen LogP contribution >= 0.6 is 15.9 Å². The van der Waals surface area contributed by atoms with Gasteiger partial charge in [-0.1, -0.05) is 28.1 Å². The van der Waals surface area contributed by atoms with E-state index in [-0.39, 0.29) is 12.1 Å². The summed E-state index contributed by atoms with van der Waals surface area (Å²) in [6.45, 7) is 2.44. The molecule has 0 aromatic heterocycles. The lowest BCUT2D eigenvalue weighted by atomic mass is 10.1. The lowest BCUT2D eigenvalue weighted by Gasteiger charge is -2.08. The number of cyclic esters (lactones) is 1. The first-order chi connectivity index (χ1) is 6.66. The van der Waals surface area contributed by atoms with Crippen LogP contribution in [0.3, 0.4) is 0 Å². The van der Waals surface area contributed by atoms with E-state index in [4.69, 9.17) is 4.74 Å². The number of carbonyl (C=O) groups is 1. The highest BCUT2D eigenvalue weighted by Crippen LogP contribution is 2.24.